The number of aliphatic hydroxyl groups excluding tert-OH is 1. The summed E-state index contributed by atoms with van der Waals surface area (Å²) >= 11 is 0. The second kappa shape index (κ2) is 4.61. The van der Waals surface area contributed by atoms with Gasteiger partial charge in [-0.3, -0.25) is 9.78 Å². The normalized spacial score (nSPS) is 16.9. The molecule has 2 rings (SSSR count). The number of rotatable bonds is 4. The molecule has 1 aromatic heterocycles. The lowest BCUT2D eigenvalue weighted by atomic mass is 10.2. The summed E-state index contributed by atoms with van der Waals surface area (Å²) in [6, 6.07) is 1.78. The lowest BCUT2D eigenvalue weighted by Crippen LogP contribution is -2.33. The molecular formula is C12H16N2O2. The van der Waals surface area contributed by atoms with Gasteiger partial charge in [0.25, 0.3) is 5.91 Å². The minimum Gasteiger partial charge on any atom is -0.391 e. The number of nitrogens with zero attached hydrogens (tertiary/aromatic N) is 1. The van der Waals surface area contributed by atoms with Gasteiger partial charge in [-0.05, 0) is 37.3 Å². The van der Waals surface area contributed by atoms with Gasteiger partial charge in [0.1, 0.15) is 0 Å². The molecule has 0 bridgehead atoms. The molecule has 4 heteroatoms. The zero-order valence-corrected chi connectivity index (χ0v) is 9.31. The van der Waals surface area contributed by atoms with E-state index >= 15 is 0 Å². The number of aryl methyl sites for hydroxylation is 1. The van der Waals surface area contributed by atoms with Crippen molar-refractivity contribution in [1.82, 2.24) is 10.3 Å². The van der Waals surface area contributed by atoms with E-state index in [4.69, 9.17) is 0 Å². The van der Waals surface area contributed by atoms with E-state index in [0.29, 0.717) is 18.0 Å². The van der Waals surface area contributed by atoms with Crippen LogP contribution in [0.2, 0.25) is 0 Å². The van der Waals surface area contributed by atoms with Crippen molar-refractivity contribution >= 4 is 5.91 Å². The van der Waals surface area contributed by atoms with E-state index in [2.05, 4.69) is 10.3 Å². The van der Waals surface area contributed by atoms with Crippen LogP contribution in [-0.2, 0) is 0 Å². The fraction of sp³-hybridized carbons (Fsp3) is 0.500. The molecule has 2 N–H and O–H groups in total. The van der Waals surface area contributed by atoms with Gasteiger partial charge in [-0.15, -0.1) is 0 Å². The lowest BCUT2D eigenvalue weighted by Gasteiger charge is -2.10. The van der Waals surface area contributed by atoms with Crippen LogP contribution in [0.25, 0.3) is 0 Å². The van der Waals surface area contributed by atoms with Crippen LogP contribution in [-0.4, -0.2) is 28.6 Å². The van der Waals surface area contributed by atoms with E-state index < -0.39 is 6.10 Å². The molecular weight excluding hydrogens is 204 g/mol. The SMILES string of the molecule is Cc1cncc(C(=O)NCC(O)C2CC2)c1. The van der Waals surface area contributed by atoms with Crippen LogP contribution in [0.4, 0.5) is 0 Å². The van der Waals surface area contributed by atoms with Gasteiger partial charge in [0.2, 0.25) is 0 Å². The van der Waals surface area contributed by atoms with E-state index in [9.17, 15) is 9.90 Å². The Hall–Kier alpha value is -1.42. The Labute approximate surface area is 94.7 Å². The number of aromatic nitrogens is 1. The summed E-state index contributed by atoms with van der Waals surface area (Å²) < 4.78 is 0. The molecule has 86 valence electrons. The van der Waals surface area contributed by atoms with Crippen LogP contribution < -0.4 is 5.32 Å². The van der Waals surface area contributed by atoms with Crippen molar-refractivity contribution in [3.63, 3.8) is 0 Å². The number of pyridine rings is 1. The third-order valence-corrected chi connectivity index (χ3v) is 2.78. The zero-order valence-electron chi connectivity index (χ0n) is 9.31. The van der Waals surface area contributed by atoms with Gasteiger partial charge in [0.15, 0.2) is 0 Å². The van der Waals surface area contributed by atoms with Gasteiger partial charge in [0, 0.05) is 18.9 Å². The molecule has 1 aliphatic carbocycles. The van der Waals surface area contributed by atoms with E-state index in [1.165, 1.54) is 6.20 Å². The predicted molar refractivity (Wildman–Crippen MR) is 60.0 cm³/mol. The van der Waals surface area contributed by atoms with Crippen molar-refractivity contribution in [1.29, 1.82) is 0 Å². The molecule has 0 radical (unpaired) electrons. The molecule has 1 fully saturated rings. The highest BCUT2D eigenvalue weighted by molar-refractivity contribution is 5.93. The summed E-state index contributed by atoms with van der Waals surface area (Å²) in [5.41, 5.74) is 1.50. The van der Waals surface area contributed by atoms with Crippen molar-refractivity contribution in [3.05, 3.63) is 29.6 Å². The molecule has 0 aliphatic heterocycles. The molecule has 0 spiro atoms. The smallest absolute Gasteiger partial charge is 0.252 e. The van der Waals surface area contributed by atoms with Crippen LogP contribution in [0, 0.1) is 12.8 Å². The number of carbonyl (C=O) groups is 1. The minimum absolute atomic E-state index is 0.170. The van der Waals surface area contributed by atoms with Gasteiger partial charge in [-0.25, -0.2) is 0 Å². The Kier molecular flexibility index (Phi) is 3.19. The Morgan fingerprint density at radius 1 is 1.62 bits per heavy atom. The molecule has 1 amide bonds. The summed E-state index contributed by atoms with van der Waals surface area (Å²) in [4.78, 5) is 15.6. The molecule has 0 saturated heterocycles. The van der Waals surface area contributed by atoms with Crippen molar-refractivity contribution < 1.29 is 9.90 Å². The maximum atomic E-state index is 11.7. The highest BCUT2D eigenvalue weighted by Crippen LogP contribution is 2.32. The molecule has 1 unspecified atom stereocenters. The first-order valence-electron chi connectivity index (χ1n) is 5.55. The van der Waals surface area contributed by atoms with Crippen molar-refractivity contribution in [2.75, 3.05) is 6.54 Å². The molecule has 1 heterocycles. The Bertz CT molecular complexity index is 388. The molecule has 4 nitrogen and oxygen atoms in total. The Balaban J connectivity index is 1.87. The number of hydrogen-bond donors (Lipinski definition) is 2. The molecule has 16 heavy (non-hydrogen) atoms. The molecule has 1 aliphatic rings. The summed E-state index contributed by atoms with van der Waals surface area (Å²) in [6.07, 6.45) is 4.98. The van der Waals surface area contributed by atoms with Crippen LogP contribution in [0.5, 0.6) is 0 Å². The average Bonchev–Trinajstić information content (AvgIpc) is 3.09. The van der Waals surface area contributed by atoms with E-state index in [0.717, 1.165) is 18.4 Å². The van der Waals surface area contributed by atoms with Gasteiger partial charge in [-0.2, -0.15) is 0 Å². The molecule has 1 saturated carbocycles. The second-order valence-electron chi connectivity index (χ2n) is 4.37. The number of amides is 1. The van der Waals surface area contributed by atoms with Crippen LogP contribution >= 0.6 is 0 Å². The highest BCUT2D eigenvalue weighted by atomic mass is 16.3. The molecule has 0 aromatic carbocycles. The predicted octanol–water partition coefficient (Wildman–Crippen LogP) is 0.891. The van der Waals surface area contributed by atoms with Crippen molar-refractivity contribution in [3.8, 4) is 0 Å². The third kappa shape index (κ3) is 2.79. The first-order valence-corrected chi connectivity index (χ1v) is 5.55. The topological polar surface area (TPSA) is 62.2 Å². The molecule has 1 aromatic rings. The van der Waals surface area contributed by atoms with Crippen LogP contribution in [0.1, 0.15) is 28.8 Å². The Morgan fingerprint density at radius 3 is 3.00 bits per heavy atom. The van der Waals surface area contributed by atoms with E-state index in [-0.39, 0.29) is 5.91 Å². The van der Waals surface area contributed by atoms with Crippen LogP contribution in [0.15, 0.2) is 18.5 Å². The Morgan fingerprint density at radius 2 is 2.38 bits per heavy atom. The maximum Gasteiger partial charge on any atom is 0.252 e. The largest absolute Gasteiger partial charge is 0.391 e. The summed E-state index contributed by atoms with van der Waals surface area (Å²) in [5, 5.41) is 12.3. The van der Waals surface area contributed by atoms with Gasteiger partial charge in [0.05, 0.1) is 11.7 Å². The van der Waals surface area contributed by atoms with E-state index in [1.807, 2.05) is 6.92 Å². The fourth-order valence-electron chi connectivity index (χ4n) is 1.63. The van der Waals surface area contributed by atoms with Crippen molar-refractivity contribution in [2.45, 2.75) is 25.9 Å². The highest BCUT2D eigenvalue weighted by Gasteiger charge is 2.29. The summed E-state index contributed by atoms with van der Waals surface area (Å²) in [7, 11) is 0. The number of nitrogens with one attached hydrogen (secondary N) is 1. The maximum absolute atomic E-state index is 11.7. The minimum atomic E-state index is -0.401. The van der Waals surface area contributed by atoms with Crippen molar-refractivity contribution in [2.24, 2.45) is 5.92 Å². The second-order valence-corrected chi connectivity index (χ2v) is 4.37. The number of carbonyl (C=O) groups excluding carboxylic acids is 1. The van der Waals surface area contributed by atoms with Crippen LogP contribution in [0.3, 0.4) is 0 Å². The summed E-state index contributed by atoms with van der Waals surface area (Å²) in [5.74, 6) is 0.215. The monoisotopic (exact) mass is 220 g/mol. The summed E-state index contributed by atoms with van der Waals surface area (Å²) in [6.45, 7) is 2.22. The average molecular weight is 220 g/mol. The molecule has 1 atom stereocenters. The zero-order chi connectivity index (χ0) is 11.5. The number of hydrogen-bond acceptors (Lipinski definition) is 3. The first kappa shape index (κ1) is 11.1. The lowest BCUT2D eigenvalue weighted by molar-refractivity contribution is 0.0900. The quantitative estimate of drug-likeness (QED) is 0.792. The van der Waals surface area contributed by atoms with Gasteiger partial charge < -0.3 is 10.4 Å². The van der Waals surface area contributed by atoms with E-state index in [1.54, 1.807) is 12.3 Å². The first-order chi connectivity index (χ1) is 7.66. The van der Waals surface area contributed by atoms with Gasteiger partial charge in [-0.1, -0.05) is 0 Å². The third-order valence-electron chi connectivity index (χ3n) is 2.78. The standard InChI is InChI=1S/C12H16N2O2/c1-8-4-10(6-13-5-8)12(16)14-7-11(15)9-2-3-9/h4-6,9,11,15H,2-3,7H2,1H3,(H,14,16). The fourth-order valence-corrected chi connectivity index (χ4v) is 1.63. The van der Waals surface area contributed by atoms with Gasteiger partial charge >= 0.3 is 0 Å². The number of aliphatic hydroxyl groups is 1.